The van der Waals surface area contributed by atoms with Crippen LogP contribution in [-0.4, -0.2) is 4.57 Å². The van der Waals surface area contributed by atoms with E-state index in [-0.39, 0.29) is 5.41 Å². The van der Waals surface area contributed by atoms with Crippen LogP contribution in [0.2, 0.25) is 0 Å². The minimum Gasteiger partial charge on any atom is -0.311 e. The quantitative estimate of drug-likeness (QED) is 0.0408. The molecule has 2 heteroatoms. The van der Waals surface area contributed by atoms with Gasteiger partial charge in [0.05, 0.1) is 11.0 Å². The van der Waals surface area contributed by atoms with E-state index < -0.39 is 0 Å². The number of hydrogen-bond acceptors (Lipinski definition) is 1. The summed E-state index contributed by atoms with van der Waals surface area (Å²) >= 11 is 0. The van der Waals surface area contributed by atoms with Crippen LogP contribution in [0.25, 0.3) is 60.9 Å². The first-order chi connectivity index (χ1) is 39.9. The van der Waals surface area contributed by atoms with E-state index in [2.05, 4.69) is 221 Å². The molecule has 0 unspecified atom stereocenters. The van der Waals surface area contributed by atoms with Crippen molar-refractivity contribution < 1.29 is 0 Å². The average molecular weight is 1070 g/mol. The van der Waals surface area contributed by atoms with Gasteiger partial charge in [-0.1, -0.05) is 264 Å². The van der Waals surface area contributed by atoms with Gasteiger partial charge in [0, 0.05) is 38.9 Å². The molecule has 81 heavy (non-hydrogen) atoms. The van der Waals surface area contributed by atoms with Gasteiger partial charge in [-0.05, 0) is 169 Å². The van der Waals surface area contributed by atoms with Crippen LogP contribution in [0.4, 0.5) is 17.1 Å². The average Bonchev–Trinajstić information content (AvgIpc) is 2.56. The van der Waals surface area contributed by atoms with Crippen LogP contribution in [0.15, 0.2) is 170 Å². The van der Waals surface area contributed by atoms with E-state index in [0.717, 1.165) is 29.9 Å². The van der Waals surface area contributed by atoms with Gasteiger partial charge in [-0.15, -0.1) is 0 Å². The molecule has 0 saturated carbocycles. The second-order valence-electron chi connectivity index (χ2n) is 24.3. The third-order valence-electron chi connectivity index (χ3n) is 18.3. The summed E-state index contributed by atoms with van der Waals surface area (Å²) in [5.41, 5.74) is 24.5. The van der Waals surface area contributed by atoms with Crippen LogP contribution in [0.3, 0.4) is 0 Å². The molecular formula is C79H94N2. The molecule has 1 aromatic heterocycles. The molecule has 1 aliphatic carbocycles. The molecule has 0 fully saturated rings. The molecule has 1 heterocycles. The number of para-hydroxylation sites is 1. The van der Waals surface area contributed by atoms with E-state index in [4.69, 9.17) is 0 Å². The first kappa shape index (κ1) is 57.6. The number of unbranched alkanes of at least 4 members (excludes halogenated alkanes) is 16. The van der Waals surface area contributed by atoms with Gasteiger partial charge in [0.15, 0.2) is 0 Å². The highest BCUT2D eigenvalue weighted by Gasteiger charge is 2.44. The lowest BCUT2D eigenvalue weighted by Crippen LogP contribution is -2.25. The highest BCUT2D eigenvalue weighted by molar-refractivity contribution is 6.18. The molecule has 0 N–H and O–H groups in total. The fraction of sp³-hybridized carbons (Fsp3) is 0.392. The topological polar surface area (TPSA) is 8.17 Å². The summed E-state index contributed by atoms with van der Waals surface area (Å²) in [7, 11) is 0. The van der Waals surface area contributed by atoms with Crippen LogP contribution >= 0.6 is 0 Å². The van der Waals surface area contributed by atoms with Crippen LogP contribution in [0, 0.1) is 13.8 Å². The minimum atomic E-state index is 0.0288. The van der Waals surface area contributed by atoms with Crippen LogP contribution < -0.4 is 4.90 Å². The van der Waals surface area contributed by atoms with E-state index in [1.807, 2.05) is 0 Å². The van der Waals surface area contributed by atoms with Crippen molar-refractivity contribution in [3.05, 3.63) is 203 Å². The lowest BCUT2D eigenvalue weighted by Gasteiger charge is -2.33. The van der Waals surface area contributed by atoms with Crippen molar-refractivity contribution in [1.82, 2.24) is 4.57 Å². The molecule has 0 amide bonds. The zero-order chi connectivity index (χ0) is 56.0. The molecule has 1 aliphatic rings. The highest BCUT2D eigenvalue weighted by atomic mass is 15.1. The fourth-order valence-electron chi connectivity index (χ4n) is 13.9. The Morgan fingerprint density at radius 3 is 1.49 bits per heavy atom. The Labute approximate surface area is 489 Å². The monoisotopic (exact) mass is 1070 g/mol. The number of aryl methyl sites for hydroxylation is 4. The Bertz CT molecular complexity index is 3410. The van der Waals surface area contributed by atoms with Gasteiger partial charge in [-0.2, -0.15) is 0 Å². The van der Waals surface area contributed by atoms with E-state index >= 15 is 0 Å². The van der Waals surface area contributed by atoms with Crippen molar-refractivity contribution in [2.24, 2.45) is 0 Å². The maximum Gasteiger partial charge on any atom is 0.0547 e. The molecule has 0 bridgehead atoms. The van der Waals surface area contributed by atoms with Gasteiger partial charge in [0.1, 0.15) is 0 Å². The van der Waals surface area contributed by atoms with Crippen LogP contribution in [-0.2, 0) is 18.3 Å². The maximum atomic E-state index is 2.72. The normalized spacial score (nSPS) is 12.6. The van der Waals surface area contributed by atoms with Crippen LogP contribution in [0.5, 0.6) is 0 Å². The largest absolute Gasteiger partial charge is 0.311 e. The Hall–Kier alpha value is -6.64. The second kappa shape index (κ2) is 27.9. The van der Waals surface area contributed by atoms with Gasteiger partial charge >= 0.3 is 0 Å². The summed E-state index contributed by atoms with van der Waals surface area (Å²) in [6.07, 6.45) is 30.4. The minimum absolute atomic E-state index is 0.0288. The molecule has 0 aliphatic heterocycles. The molecule has 0 radical (unpaired) electrons. The number of nitrogens with zero attached hydrogens (tertiary/aromatic N) is 2. The van der Waals surface area contributed by atoms with Crippen molar-refractivity contribution in [3.63, 3.8) is 0 Å². The summed E-state index contributed by atoms with van der Waals surface area (Å²) in [5.74, 6) is 0. The summed E-state index contributed by atoms with van der Waals surface area (Å²) in [5, 5.41) is 2.84. The fourth-order valence-corrected chi connectivity index (χ4v) is 13.9. The Morgan fingerprint density at radius 2 is 0.877 bits per heavy atom. The molecule has 10 rings (SSSR count). The molecule has 420 valence electrons. The lowest BCUT2D eigenvalue weighted by molar-refractivity contribution is 0.398. The number of aromatic nitrogens is 1. The summed E-state index contributed by atoms with van der Waals surface area (Å²) in [6.45, 7) is 13.9. The number of fused-ring (bicyclic) bond motifs is 7. The zero-order valence-corrected chi connectivity index (χ0v) is 50.5. The highest BCUT2D eigenvalue weighted by Crippen LogP contribution is 2.58. The standard InChI is InChI=1S/C79H94N2/c1-7-11-15-19-21-30-54-79(55-31-22-20-16-12-8-2)72-52-53-75-78(77(72)69-51-40-60(6)56-73(69)79)70-36-28-29-37-74(70)81(75)76-58-64(34-24-17-13-9-3)71(57-65(76)35-25-18-14-10-4)63-43-49-68(50-44-63)80(66-45-38-59(5)39-46-66)67-47-41-62(42-48-67)61-32-26-23-27-33-61/h23,26-29,32-33,36-53,56-58H,7-22,24-25,30-31,34-35,54-55H2,1-6H3. The predicted molar refractivity (Wildman–Crippen MR) is 354 cm³/mol. The van der Waals surface area contributed by atoms with E-state index in [1.165, 1.54) is 224 Å². The molecule has 2 nitrogen and oxygen atoms in total. The summed E-state index contributed by atoms with van der Waals surface area (Å²) in [4.78, 5) is 2.41. The lowest BCUT2D eigenvalue weighted by atomic mass is 9.70. The van der Waals surface area contributed by atoms with Gasteiger partial charge in [-0.25, -0.2) is 0 Å². The van der Waals surface area contributed by atoms with Gasteiger partial charge < -0.3 is 9.47 Å². The Morgan fingerprint density at radius 1 is 0.370 bits per heavy atom. The molecule has 9 aromatic rings. The predicted octanol–water partition coefficient (Wildman–Crippen LogP) is 24.2. The van der Waals surface area contributed by atoms with E-state index in [9.17, 15) is 0 Å². The van der Waals surface area contributed by atoms with E-state index in [0.29, 0.717) is 0 Å². The zero-order valence-electron chi connectivity index (χ0n) is 50.5. The van der Waals surface area contributed by atoms with Crippen molar-refractivity contribution in [2.75, 3.05) is 4.90 Å². The third kappa shape index (κ3) is 12.9. The SMILES string of the molecule is CCCCCCCCC1(CCCCCCCC)c2cc(C)ccc2-c2c1ccc1c2c2ccccc2n1-c1cc(CCCCCC)c(-c2ccc(N(c3ccc(C)cc3)c3ccc(-c4ccccc4)cc3)cc2)cc1CCCCCC. The number of hydrogen-bond donors (Lipinski definition) is 0. The van der Waals surface area contributed by atoms with Crippen LogP contribution in [0.1, 0.15) is 202 Å². The van der Waals surface area contributed by atoms with Gasteiger partial charge in [-0.3, -0.25) is 0 Å². The van der Waals surface area contributed by atoms with E-state index in [1.54, 1.807) is 11.1 Å². The molecule has 0 saturated heterocycles. The summed E-state index contributed by atoms with van der Waals surface area (Å²) in [6, 6.07) is 65.8. The second-order valence-corrected chi connectivity index (χ2v) is 24.3. The van der Waals surface area contributed by atoms with Crippen molar-refractivity contribution >= 4 is 38.9 Å². The number of benzene rings is 8. The molecule has 8 aromatic carbocycles. The van der Waals surface area contributed by atoms with Crippen molar-refractivity contribution in [1.29, 1.82) is 0 Å². The first-order valence-corrected chi connectivity index (χ1v) is 32.3. The van der Waals surface area contributed by atoms with Gasteiger partial charge in [0.25, 0.3) is 0 Å². The molecule has 0 spiro atoms. The number of rotatable bonds is 30. The van der Waals surface area contributed by atoms with Crippen molar-refractivity contribution in [3.8, 4) is 39.1 Å². The molecular weight excluding hydrogens is 977 g/mol. The Kier molecular flexibility index (Phi) is 19.8. The van der Waals surface area contributed by atoms with Gasteiger partial charge in [0.2, 0.25) is 0 Å². The Balaban J connectivity index is 1.11. The third-order valence-corrected chi connectivity index (χ3v) is 18.3. The van der Waals surface area contributed by atoms with Crippen molar-refractivity contribution in [2.45, 2.75) is 201 Å². The first-order valence-electron chi connectivity index (χ1n) is 32.3. The number of anilines is 3. The molecule has 0 atom stereocenters. The summed E-state index contributed by atoms with van der Waals surface area (Å²) < 4.78 is 2.72. The smallest absolute Gasteiger partial charge is 0.0547 e. The maximum absolute atomic E-state index is 2.72.